The molecule has 0 radical (unpaired) electrons. The minimum Gasteiger partial charge on any atom is -0.462 e. The fourth-order valence-electron chi connectivity index (χ4n) is 7.48. The summed E-state index contributed by atoms with van der Waals surface area (Å²) in [5, 5.41) is 27.5. The summed E-state index contributed by atoms with van der Waals surface area (Å²) in [6.07, 6.45) is 11.3. The monoisotopic (exact) mass is 611 g/mol. The van der Waals surface area contributed by atoms with Gasteiger partial charge in [0.05, 0.1) is 24.5 Å². The Labute approximate surface area is 261 Å². The molecule has 242 valence electrons. The maximum Gasteiger partial charge on any atom is 0.316 e. The predicted molar refractivity (Wildman–Crippen MR) is 167 cm³/mol. The average Bonchev–Trinajstić information content (AvgIpc) is 3.31. The zero-order valence-electron chi connectivity index (χ0n) is 27.1. The van der Waals surface area contributed by atoms with Gasteiger partial charge in [-0.3, -0.25) is 4.79 Å². The highest BCUT2D eigenvalue weighted by molar-refractivity contribution is 5.88. The second kappa shape index (κ2) is 13.0. The van der Waals surface area contributed by atoms with Crippen molar-refractivity contribution in [1.29, 1.82) is 0 Å². The van der Waals surface area contributed by atoms with Crippen LogP contribution in [0.1, 0.15) is 73.6 Å². The molecule has 9 nitrogen and oxygen atoms in total. The maximum absolute atomic E-state index is 14.1. The molecule has 4 aliphatic heterocycles. The van der Waals surface area contributed by atoms with Crippen LogP contribution in [0.4, 0.5) is 0 Å². The van der Waals surface area contributed by atoms with E-state index in [1.807, 2.05) is 32.1 Å². The number of ether oxygens (including phenoxy) is 4. The van der Waals surface area contributed by atoms with Crippen molar-refractivity contribution in [2.45, 2.75) is 116 Å². The van der Waals surface area contributed by atoms with Crippen LogP contribution < -0.4 is 0 Å². The Bertz CT molecular complexity index is 1300. The zero-order valence-corrected chi connectivity index (χ0v) is 27.1. The van der Waals surface area contributed by atoms with Crippen LogP contribution in [0.25, 0.3) is 0 Å². The molecule has 0 aromatic carbocycles. The van der Waals surface area contributed by atoms with Crippen molar-refractivity contribution in [3.05, 3.63) is 58.7 Å². The van der Waals surface area contributed by atoms with Gasteiger partial charge in [0.25, 0.3) is 0 Å². The van der Waals surface area contributed by atoms with Crippen LogP contribution in [0.15, 0.2) is 63.9 Å². The molecule has 0 saturated carbocycles. The first-order chi connectivity index (χ1) is 20.9. The SMILES string of the molecule is C/C=C(\C)[C@H]1O[C@]2(C/C(=N/OC)[C@@H]1C)C[C@@H]1C[C@@H](C/C=C(\C)C[C@@H](C)/C=C/C=C3\CO[C@@H]4[C@H](O)C(C)=C[C@@H](C(=O)O1)[C@]34O)O2. The molecule has 2 N–H and O–H groups in total. The molecule has 4 heterocycles. The van der Waals surface area contributed by atoms with Gasteiger partial charge in [-0.1, -0.05) is 61.0 Å². The predicted octanol–water partition coefficient (Wildman–Crippen LogP) is 5.09. The minimum absolute atomic E-state index is 0.0236. The highest BCUT2D eigenvalue weighted by atomic mass is 16.7. The Morgan fingerprint density at radius 2 is 1.98 bits per heavy atom. The number of oxime groups is 1. The molecule has 9 heteroatoms. The molecular weight excluding hydrogens is 562 g/mol. The number of hydrogen-bond acceptors (Lipinski definition) is 9. The summed E-state index contributed by atoms with van der Waals surface area (Å²) >= 11 is 0. The largest absolute Gasteiger partial charge is 0.462 e. The van der Waals surface area contributed by atoms with Crippen molar-refractivity contribution in [3.8, 4) is 0 Å². The van der Waals surface area contributed by atoms with E-state index in [2.05, 4.69) is 38.1 Å². The summed E-state index contributed by atoms with van der Waals surface area (Å²) in [6.45, 7) is 12.2. The molecule has 5 aliphatic rings. The van der Waals surface area contributed by atoms with Crippen molar-refractivity contribution in [3.63, 3.8) is 0 Å². The van der Waals surface area contributed by atoms with Crippen LogP contribution >= 0.6 is 0 Å². The van der Waals surface area contributed by atoms with Gasteiger partial charge >= 0.3 is 5.97 Å². The van der Waals surface area contributed by atoms with Crippen LogP contribution in [0.5, 0.6) is 0 Å². The van der Waals surface area contributed by atoms with Gasteiger partial charge in [-0.25, -0.2) is 0 Å². The van der Waals surface area contributed by atoms with Gasteiger partial charge in [0, 0.05) is 25.2 Å². The summed E-state index contributed by atoms with van der Waals surface area (Å²) in [5.41, 5.74) is 2.51. The Balaban J connectivity index is 1.55. The highest BCUT2D eigenvalue weighted by Gasteiger charge is 2.60. The molecule has 3 saturated heterocycles. The summed E-state index contributed by atoms with van der Waals surface area (Å²) in [4.78, 5) is 19.3. The number of fused-ring (bicyclic) bond motifs is 2. The van der Waals surface area contributed by atoms with Gasteiger partial charge in [0.15, 0.2) is 5.79 Å². The number of nitrogens with zero attached hydrogens (tertiary/aromatic N) is 1. The summed E-state index contributed by atoms with van der Waals surface area (Å²) in [7, 11) is 1.54. The molecule has 1 aliphatic carbocycles. The highest BCUT2D eigenvalue weighted by Crippen LogP contribution is 2.47. The van der Waals surface area contributed by atoms with E-state index in [1.165, 1.54) is 12.7 Å². The van der Waals surface area contributed by atoms with E-state index in [0.717, 1.165) is 17.7 Å². The van der Waals surface area contributed by atoms with E-state index >= 15 is 0 Å². The molecule has 3 fully saturated rings. The fourth-order valence-corrected chi connectivity index (χ4v) is 7.48. The molecule has 10 atom stereocenters. The van der Waals surface area contributed by atoms with Crippen LogP contribution in [0.3, 0.4) is 0 Å². The molecule has 0 unspecified atom stereocenters. The van der Waals surface area contributed by atoms with Gasteiger partial charge in [0.1, 0.15) is 36.9 Å². The van der Waals surface area contributed by atoms with Crippen molar-refractivity contribution in [2.75, 3.05) is 13.7 Å². The standard InChI is InChI=1S/C35H49NO8/c1-8-22(4)31-24(6)29(36-40-7)18-34(44-31)17-27-16-26(43-34)13-12-21(3)14-20(2)10-9-11-25-19-41-32-30(37)23(5)15-28(33(38)42-27)35(25,32)39/h8-12,15,20,24,26-28,30-32,37,39H,13-14,16-19H2,1-7H3/b10-9+,21-12+,22-8+,25-11+,36-29-/t20-,24-,26+,27-,28-,30+,31+,32+,34-,35+/m0/s1. The Hall–Kier alpha value is -2.56. The van der Waals surface area contributed by atoms with Gasteiger partial charge in [-0.2, -0.15) is 0 Å². The lowest BCUT2D eigenvalue weighted by atomic mass is 9.71. The molecular formula is C35H49NO8. The molecule has 0 amide bonds. The Morgan fingerprint density at radius 1 is 1.20 bits per heavy atom. The quantitative estimate of drug-likeness (QED) is 0.252. The van der Waals surface area contributed by atoms with E-state index < -0.39 is 41.6 Å². The number of hydrogen-bond donors (Lipinski definition) is 2. The Kier molecular flexibility index (Phi) is 9.73. The number of esters is 1. The number of carbonyl (C=O) groups is 1. The van der Waals surface area contributed by atoms with Gasteiger partial charge < -0.3 is 34.0 Å². The molecule has 0 aromatic rings. The normalized spacial score (nSPS) is 45.8. The third kappa shape index (κ3) is 6.27. The number of allylic oxidation sites excluding steroid dienone is 5. The van der Waals surface area contributed by atoms with Crippen molar-refractivity contribution >= 4 is 11.7 Å². The first kappa shape index (κ1) is 32.8. The summed E-state index contributed by atoms with van der Waals surface area (Å²) in [5.74, 6) is -2.46. The molecule has 44 heavy (non-hydrogen) atoms. The third-order valence-electron chi connectivity index (χ3n) is 10.0. The van der Waals surface area contributed by atoms with E-state index in [9.17, 15) is 15.0 Å². The van der Waals surface area contributed by atoms with Crippen LogP contribution in [-0.2, 0) is 28.6 Å². The van der Waals surface area contributed by atoms with Crippen molar-refractivity contribution in [2.24, 2.45) is 22.9 Å². The molecule has 5 rings (SSSR count). The van der Waals surface area contributed by atoms with E-state index in [4.69, 9.17) is 23.8 Å². The smallest absolute Gasteiger partial charge is 0.316 e. The lowest BCUT2D eigenvalue weighted by Gasteiger charge is -2.50. The van der Waals surface area contributed by atoms with Crippen LogP contribution in [-0.4, -0.2) is 77.5 Å². The number of carbonyl (C=O) groups excluding carboxylic acids is 1. The summed E-state index contributed by atoms with van der Waals surface area (Å²) in [6, 6.07) is 0. The molecule has 2 bridgehead atoms. The van der Waals surface area contributed by atoms with Crippen molar-refractivity contribution < 1.29 is 38.8 Å². The summed E-state index contributed by atoms with van der Waals surface area (Å²) < 4.78 is 25.8. The fraction of sp³-hybridized carbons (Fsp3) is 0.657. The lowest BCUT2D eigenvalue weighted by molar-refractivity contribution is -0.313. The minimum atomic E-state index is -1.73. The first-order valence-electron chi connectivity index (χ1n) is 15.9. The average molecular weight is 612 g/mol. The van der Waals surface area contributed by atoms with E-state index in [-0.39, 0.29) is 30.7 Å². The topological polar surface area (TPSA) is 116 Å². The van der Waals surface area contributed by atoms with Gasteiger partial charge in [-0.05, 0) is 63.2 Å². The second-order valence-electron chi connectivity index (χ2n) is 13.4. The lowest BCUT2D eigenvalue weighted by Crippen LogP contribution is -2.59. The zero-order chi connectivity index (χ0) is 31.8. The number of aliphatic hydroxyl groups is 2. The number of aliphatic hydroxyl groups excluding tert-OH is 1. The van der Waals surface area contributed by atoms with E-state index in [0.29, 0.717) is 36.8 Å². The second-order valence-corrected chi connectivity index (χ2v) is 13.4. The van der Waals surface area contributed by atoms with Crippen molar-refractivity contribution in [1.82, 2.24) is 0 Å². The molecule has 1 spiro atoms. The molecule has 0 aromatic heterocycles. The first-order valence-corrected chi connectivity index (χ1v) is 15.9. The maximum atomic E-state index is 14.1. The van der Waals surface area contributed by atoms with Gasteiger partial charge in [0.2, 0.25) is 0 Å². The third-order valence-corrected chi connectivity index (χ3v) is 10.0. The Morgan fingerprint density at radius 3 is 2.70 bits per heavy atom. The number of rotatable bonds is 2. The van der Waals surface area contributed by atoms with Crippen LogP contribution in [0.2, 0.25) is 0 Å². The van der Waals surface area contributed by atoms with E-state index in [1.54, 1.807) is 13.0 Å². The van der Waals surface area contributed by atoms with Gasteiger partial charge in [-0.15, -0.1) is 0 Å². The van der Waals surface area contributed by atoms with Crippen LogP contribution in [0, 0.1) is 17.8 Å².